The molecule has 1 fully saturated rings. The van der Waals surface area contributed by atoms with Gasteiger partial charge in [-0.25, -0.2) is 12.8 Å². The van der Waals surface area contributed by atoms with E-state index in [-0.39, 0.29) is 61.8 Å². The molecule has 32 heavy (non-hydrogen) atoms. The first-order valence-corrected chi connectivity index (χ1v) is 11.3. The molecule has 3 rings (SSSR count). The van der Waals surface area contributed by atoms with E-state index in [9.17, 15) is 27.2 Å². The van der Waals surface area contributed by atoms with Gasteiger partial charge < -0.3 is 20.4 Å². The summed E-state index contributed by atoms with van der Waals surface area (Å²) in [5.74, 6) is -2.04. The highest BCUT2D eigenvalue weighted by Crippen LogP contribution is 2.20. The number of hydrogen-bond donors (Lipinski definition) is 2. The van der Waals surface area contributed by atoms with Gasteiger partial charge in [-0.1, -0.05) is 0 Å². The minimum absolute atomic E-state index is 0.0853. The number of sulfonamides is 1. The van der Waals surface area contributed by atoms with Crippen LogP contribution in [0.4, 0.5) is 4.39 Å². The largest absolute Gasteiger partial charge is 0.438 e. The number of amides is 3. The topological polar surface area (TPSA) is 143 Å². The van der Waals surface area contributed by atoms with Crippen LogP contribution in [0.15, 0.2) is 45.9 Å². The predicted octanol–water partition coefficient (Wildman–Crippen LogP) is 0.561. The minimum Gasteiger partial charge on any atom is -0.438 e. The van der Waals surface area contributed by atoms with Crippen LogP contribution in [-0.4, -0.2) is 68.1 Å². The second kappa shape index (κ2) is 9.92. The SMILES string of the molecule is NC(=O)c1ccc(S(=O)(=O)N2CCN(C(=O)CCCNC(=O)c3ccc(F)cc3)CC2)o1. The maximum atomic E-state index is 12.9. The van der Waals surface area contributed by atoms with Crippen LogP contribution in [0.2, 0.25) is 0 Å². The van der Waals surface area contributed by atoms with Crippen molar-refractivity contribution in [2.75, 3.05) is 32.7 Å². The van der Waals surface area contributed by atoms with E-state index in [1.807, 2.05) is 0 Å². The lowest BCUT2D eigenvalue weighted by molar-refractivity contribution is -0.132. The van der Waals surface area contributed by atoms with Crippen molar-refractivity contribution in [3.63, 3.8) is 0 Å². The summed E-state index contributed by atoms with van der Waals surface area (Å²) in [6.07, 6.45) is 0.600. The summed E-state index contributed by atoms with van der Waals surface area (Å²) in [7, 11) is -3.93. The number of rotatable bonds is 8. The second-order valence-corrected chi connectivity index (χ2v) is 9.00. The van der Waals surface area contributed by atoms with Crippen LogP contribution in [0.5, 0.6) is 0 Å². The summed E-state index contributed by atoms with van der Waals surface area (Å²) in [4.78, 5) is 37.0. The van der Waals surface area contributed by atoms with Crippen molar-refractivity contribution < 1.29 is 31.6 Å². The lowest BCUT2D eigenvalue weighted by atomic mass is 10.2. The maximum absolute atomic E-state index is 12.9. The molecular weight excluding hydrogens is 443 g/mol. The van der Waals surface area contributed by atoms with Crippen LogP contribution < -0.4 is 11.1 Å². The summed E-state index contributed by atoms with van der Waals surface area (Å²) in [5, 5.41) is 2.30. The molecule has 172 valence electrons. The molecule has 2 heterocycles. The van der Waals surface area contributed by atoms with Gasteiger partial charge in [0.05, 0.1) is 0 Å². The van der Waals surface area contributed by atoms with E-state index >= 15 is 0 Å². The summed E-state index contributed by atoms with van der Waals surface area (Å²) in [5.41, 5.74) is 5.41. The Labute approximate surface area is 184 Å². The second-order valence-electron chi connectivity index (χ2n) is 7.13. The molecule has 1 aromatic carbocycles. The molecule has 1 aromatic heterocycles. The van der Waals surface area contributed by atoms with Crippen LogP contribution in [0.25, 0.3) is 0 Å². The van der Waals surface area contributed by atoms with Gasteiger partial charge in [-0.3, -0.25) is 14.4 Å². The number of carbonyl (C=O) groups excluding carboxylic acids is 3. The van der Waals surface area contributed by atoms with Crippen molar-refractivity contribution in [3.05, 3.63) is 53.5 Å². The summed E-state index contributed by atoms with van der Waals surface area (Å²) in [6.45, 7) is 0.869. The summed E-state index contributed by atoms with van der Waals surface area (Å²) >= 11 is 0. The molecule has 0 unspecified atom stereocenters. The first kappa shape index (κ1) is 23.4. The number of carbonyl (C=O) groups is 3. The van der Waals surface area contributed by atoms with Crippen LogP contribution >= 0.6 is 0 Å². The predicted molar refractivity (Wildman–Crippen MR) is 111 cm³/mol. The van der Waals surface area contributed by atoms with Crippen molar-refractivity contribution in [2.45, 2.75) is 17.9 Å². The fraction of sp³-hybridized carbons (Fsp3) is 0.350. The van der Waals surface area contributed by atoms with Crippen LogP contribution in [0, 0.1) is 5.82 Å². The number of halogens is 1. The molecule has 0 aliphatic carbocycles. The molecule has 1 saturated heterocycles. The third-order valence-corrected chi connectivity index (χ3v) is 6.74. The number of nitrogens with zero attached hydrogens (tertiary/aromatic N) is 2. The van der Waals surface area contributed by atoms with Crippen molar-refractivity contribution in [3.8, 4) is 0 Å². The quantitative estimate of drug-likeness (QED) is 0.544. The lowest BCUT2D eigenvalue weighted by Crippen LogP contribution is -2.50. The first-order valence-electron chi connectivity index (χ1n) is 9.90. The third-order valence-electron chi connectivity index (χ3n) is 4.97. The fourth-order valence-electron chi connectivity index (χ4n) is 3.20. The van der Waals surface area contributed by atoms with Gasteiger partial charge in [0.1, 0.15) is 5.82 Å². The van der Waals surface area contributed by atoms with Gasteiger partial charge in [0.15, 0.2) is 5.76 Å². The molecule has 1 aliphatic rings. The Morgan fingerprint density at radius 3 is 2.28 bits per heavy atom. The van der Waals surface area contributed by atoms with Crippen LogP contribution in [0.1, 0.15) is 33.8 Å². The van der Waals surface area contributed by atoms with E-state index in [0.717, 1.165) is 0 Å². The Morgan fingerprint density at radius 1 is 1.03 bits per heavy atom. The van der Waals surface area contributed by atoms with Gasteiger partial charge in [-0.2, -0.15) is 4.31 Å². The van der Waals surface area contributed by atoms with Crippen molar-refractivity contribution in [1.29, 1.82) is 0 Å². The number of benzene rings is 1. The maximum Gasteiger partial charge on any atom is 0.284 e. The highest BCUT2D eigenvalue weighted by atomic mass is 32.2. The Morgan fingerprint density at radius 2 is 1.69 bits per heavy atom. The summed E-state index contributed by atoms with van der Waals surface area (Å²) in [6, 6.07) is 7.51. The van der Waals surface area contributed by atoms with Crippen molar-refractivity contribution in [1.82, 2.24) is 14.5 Å². The highest BCUT2D eigenvalue weighted by molar-refractivity contribution is 7.89. The molecule has 0 bridgehead atoms. The molecule has 10 nitrogen and oxygen atoms in total. The van der Waals surface area contributed by atoms with E-state index < -0.39 is 21.7 Å². The van der Waals surface area contributed by atoms with Gasteiger partial charge in [0.2, 0.25) is 11.0 Å². The minimum atomic E-state index is -3.93. The van der Waals surface area contributed by atoms with E-state index in [2.05, 4.69) is 5.32 Å². The third kappa shape index (κ3) is 5.51. The number of hydrogen-bond acceptors (Lipinski definition) is 6. The molecule has 12 heteroatoms. The fourth-order valence-corrected chi connectivity index (χ4v) is 4.53. The Kier molecular flexibility index (Phi) is 7.26. The zero-order valence-corrected chi connectivity index (χ0v) is 17.9. The molecule has 0 saturated carbocycles. The number of primary amides is 1. The lowest BCUT2D eigenvalue weighted by Gasteiger charge is -2.33. The van der Waals surface area contributed by atoms with Crippen LogP contribution in [0.3, 0.4) is 0 Å². The van der Waals surface area contributed by atoms with Gasteiger partial charge in [-0.05, 0) is 42.8 Å². The van der Waals surface area contributed by atoms with E-state index in [4.69, 9.17) is 10.2 Å². The van der Waals surface area contributed by atoms with Gasteiger partial charge >= 0.3 is 0 Å². The number of furan rings is 1. The normalized spacial score (nSPS) is 14.8. The number of piperazine rings is 1. The monoisotopic (exact) mass is 466 g/mol. The average molecular weight is 466 g/mol. The van der Waals surface area contributed by atoms with Crippen molar-refractivity contribution in [2.24, 2.45) is 5.73 Å². The van der Waals surface area contributed by atoms with Crippen molar-refractivity contribution >= 4 is 27.7 Å². The highest BCUT2D eigenvalue weighted by Gasteiger charge is 2.32. The smallest absolute Gasteiger partial charge is 0.284 e. The number of nitrogens with one attached hydrogen (secondary N) is 1. The number of nitrogens with two attached hydrogens (primary N) is 1. The molecule has 0 atom stereocenters. The summed E-state index contributed by atoms with van der Waals surface area (Å²) < 4.78 is 44.4. The zero-order chi connectivity index (χ0) is 23.3. The van der Waals surface area contributed by atoms with E-state index in [0.29, 0.717) is 12.0 Å². The van der Waals surface area contributed by atoms with E-state index in [1.165, 1.54) is 40.7 Å². The molecule has 1 aliphatic heterocycles. The first-order chi connectivity index (χ1) is 15.2. The van der Waals surface area contributed by atoms with E-state index in [1.54, 1.807) is 4.90 Å². The molecule has 3 amide bonds. The zero-order valence-electron chi connectivity index (χ0n) is 17.1. The van der Waals surface area contributed by atoms with Gasteiger partial charge in [0.25, 0.3) is 21.8 Å². The Hall–Kier alpha value is -3.25. The standard InChI is InChI=1S/C20H23FN4O6S/c21-15-5-3-14(4-6-15)20(28)23-9-1-2-17(26)24-10-12-25(13-11-24)32(29,30)18-8-7-16(31-18)19(22)27/h3-8H,1-2,9-13H2,(H2,22,27)(H,23,28). The molecule has 0 radical (unpaired) electrons. The van der Waals surface area contributed by atoms with Gasteiger partial charge in [-0.15, -0.1) is 0 Å². The van der Waals surface area contributed by atoms with Gasteiger partial charge in [0, 0.05) is 44.7 Å². The Bertz CT molecular complexity index is 1090. The molecule has 3 N–H and O–H groups in total. The molecule has 0 spiro atoms. The Balaban J connectivity index is 1.42. The average Bonchev–Trinajstić information content (AvgIpc) is 3.29. The van der Waals surface area contributed by atoms with Crippen LogP contribution in [-0.2, 0) is 14.8 Å². The molecule has 2 aromatic rings. The molecular formula is C20H23FN4O6S.